The Kier molecular flexibility index (Phi) is 4.44. The lowest BCUT2D eigenvalue weighted by atomic mass is 9.95. The number of rotatable bonds is 1. The maximum absolute atomic E-state index is 11.5. The van der Waals surface area contributed by atoms with Crippen LogP contribution >= 0.6 is 15.9 Å². The minimum atomic E-state index is -0.416. The molecule has 0 bridgehead atoms. The van der Waals surface area contributed by atoms with Crippen LogP contribution in [0.25, 0.3) is 0 Å². The van der Waals surface area contributed by atoms with E-state index in [1.807, 2.05) is 20.8 Å². The third-order valence-electron chi connectivity index (χ3n) is 2.38. The van der Waals surface area contributed by atoms with Gasteiger partial charge < -0.3 is 10.1 Å². The zero-order valence-corrected chi connectivity index (χ0v) is 11.3. The summed E-state index contributed by atoms with van der Waals surface area (Å²) in [7, 11) is 0. The van der Waals surface area contributed by atoms with Crippen molar-refractivity contribution in [2.75, 3.05) is 0 Å². The van der Waals surface area contributed by atoms with Crippen LogP contribution in [0.4, 0.5) is 4.79 Å². The van der Waals surface area contributed by atoms with Crippen LogP contribution in [0, 0.1) is 0 Å². The minimum absolute atomic E-state index is 0.216. The number of nitrogens with one attached hydrogen (secondary N) is 1. The molecule has 0 aromatic heterocycles. The molecule has 0 spiro atoms. The molecule has 1 fully saturated rings. The van der Waals surface area contributed by atoms with Crippen LogP contribution in [0.3, 0.4) is 0 Å². The Hall–Kier alpha value is -0.250. The Morgan fingerprint density at radius 1 is 1.33 bits per heavy atom. The predicted molar refractivity (Wildman–Crippen MR) is 64.3 cm³/mol. The van der Waals surface area contributed by atoms with E-state index >= 15 is 0 Å². The first kappa shape index (κ1) is 12.8. The van der Waals surface area contributed by atoms with Gasteiger partial charge in [0.1, 0.15) is 5.60 Å². The standard InChI is InChI=1S/C11H20BrNO2/c1-11(2,3)15-10(14)13-9-7-5-4-6-8(9)12/h8-9H,4-7H2,1-3H3,(H,13,14). The van der Waals surface area contributed by atoms with E-state index in [9.17, 15) is 4.79 Å². The fraction of sp³-hybridized carbons (Fsp3) is 0.909. The van der Waals surface area contributed by atoms with Crippen molar-refractivity contribution >= 4 is 22.0 Å². The highest BCUT2D eigenvalue weighted by molar-refractivity contribution is 9.09. The molecule has 1 amide bonds. The van der Waals surface area contributed by atoms with Crippen LogP contribution in [0.15, 0.2) is 0 Å². The Morgan fingerprint density at radius 3 is 2.47 bits per heavy atom. The van der Waals surface area contributed by atoms with Crippen molar-refractivity contribution in [2.45, 2.75) is 62.9 Å². The quantitative estimate of drug-likeness (QED) is 0.748. The average Bonchev–Trinajstić information content (AvgIpc) is 2.05. The van der Waals surface area contributed by atoms with Gasteiger partial charge in [-0.05, 0) is 33.6 Å². The van der Waals surface area contributed by atoms with Crippen molar-refractivity contribution in [2.24, 2.45) is 0 Å². The molecule has 1 aliphatic carbocycles. The number of halogens is 1. The molecule has 0 aromatic rings. The Balaban J connectivity index is 2.36. The molecule has 15 heavy (non-hydrogen) atoms. The van der Waals surface area contributed by atoms with Gasteiger partial charge in [-0.1, -0.05) is 28.8 Å². The Morgan fingerprint density at radius 2 is 1.93 bits per heavy atom. The number of alkyl halides is 1. The van der Waals surface area contributed by atoms with Crippen molar-refractivity contribution in [3.8, 4) is 0 Å². The number of hydrogen-bond donors (Lipinski definition) is 1. The summed E-state index contributed by atoms with van der Waals surface area (Å²) in [6.45, 7) is 5.62. The second-order valence-electron chi connectivity index (χ2n) is 5.05. The first-order chi connectivity index (χ1) is 6.88. The molecule has 88 valence electrons. The summed E-state index contributed by atoms with van der Waals surface area (Å²) < 4.78 is 5.22. The lowest BCUT2D eigenvalue weighted by molar-refractivity contribution is 0.0496. The summed E-state index contributed by atoms with van der Waals surface area (Å²) in [5.41, 5.74) is -0.416. The summed E-state index contributed by atoms with van der Waals surface area (Å²) >= 11 is 3.59. The van der Waals surface area contributed by atoms with Gasteiger partial charge in [-0.3, -0.25) is 0 Å². The Labute approximate surface area is 100 Å². The molecular formula is C11H20BrNO2. The smallest absolute Gasteiger partial charge is 0.407 e. The molecular weight excluding hydrogens is 258 g/mol. The van der Waals surface area contributed by atoms with E-state index in [0.29, 0.717) is 4.83 Å². The third kappa shape index (κ3) is 4.87. The normalized spacial score (nSPS) is 27.2. The number of carbonyl (C=O) groups is 1. The molecule has 2 unspecified atom stereocenters. The zero-order valence-electron chi connectivity index (χ0n) is 9.68. The van der Waals surface area contributed by atoms with Crippen molar-refractivity contribution in [3.05, 3.63) is 0 Å². The second-order valence-corrected chi connectivity index (χ2v) is 6.23. The fourth-order valence-corrected chi connectivity index (χ4v) is 2.43. The highest BCUT2D eigenvalue weighted by Gasteiger charge is 2.26. The van der Waals surface area contributed by atoms with E-state index in [1.165, 1.54) is 12.8 Å². The van der Waals surface area contributed by atoms with Crippen LogP contribution in [-0.2, 0) is 4.74 Å². The van der Waals surface area contributed by atoms with E-state index in [0.717, 1.165) is 12.8 Å². The summed E-state index contributed by atoms with van der Waals surface area (Å²) in [5, 5.41) is 2.92. The lowest BCUT2D eigenvalue weighted by Gasteiger charge is -2.29. The number of carbonyl (C=O) groups excluding carboxylic acids is 1. The van der Waals surface area contributed by atoms with Crippen LogP contribution in [0.1, 0.15) is 46.5 Å². The van der Waals surface area contributed by atoms with Gasteiger partial charge in [-0.25, -0.2) is 4.79 Å². The average molecular weight is 278 g/mol. The van der Waals surface area contributed by atoms with Gasteiger partial charge in [0.25, 0.3) is 0 Å². The zero-order chi connectivity index (χ0) is 11.5. The Bertz CT molecular complexity index is 225. The van der Waals surface area contributed by atoms with Gasteiger partial charge in [0.15, 0.2) is 0 Å². The first-order valence-electron chi connectivity index (χ1n) is 5.52. The highest BCUT2D eigenvalue weighted by atomic mass is 79.9. The maximum atomic E-state index is 11.5. The van der Waals surface area contributed by atoms with E-state index in [4.69, 9.17) is 4.74 Å². The summed E-state index contributed by atoms with van der Waals surface area (Å²) in [6, 6.07) is 0.216. The highest BCUT2D eigenvalue weighted by Crippen LogP contribution is 2.24. The molecule has 0 aliphatic heterocycles. The fourth-order valence-electron chi connectivity index (χ4n) is 1.71. The lowest BCUT2D eigenvalue weighted by Crippen LogP contribution is -2.44. The topological polar surface area (TPSA) is 38.3 Å². The first-order valence-corrected chi connectivity index (χ1v) is 6.43. The summed E-state index contributed by atoms with van der Waals surface area (Å²) in [6.07, 6.45) is 4.28. The van der Waals surface area contributed by atoms with Crippen molar-refractivity contribution < 1.29 is 9.53 Å². The molecule has 0 heterocycles. The largest absolute Gasteiger partial charge is 0.444 e. The van der Waals surface area contributed by atoms with Crippen LogP contribution in [0.5, 0.6) is 0 Å². The van der Waals surface area contributed by atoms with E-state index in [1.54, 1.807) is 0 Å². The molecule has 1 rings (SSSR count). The predicted octanol–water partition coefficient (Wildman–Crippen LogP) is 3.22. The van der Waals surface area contributed by atoms with E-state index in [2.05, 4.69) is 21.2 Å². The van der Waals surface area contributed by atoms with Gasteiger partial charge in [0.05, 0.1) is 0 Å². The van der Waals surface area contributed by atoms with Crippen molar-refractivity contribution in [3.63, 3.8) is 0 Å². The van der Waals surface area contributed by atoms with Crippen LogP contribution < -0.4 is 5.32 Å². The molecule has 0 saturated heterocycles. The van der Waals surface area contributed by atoms with Crippen molar-refractivity contribution in [1.29, 1.82) is 0 Å². The number of amides is 1. The molecule has 1 aliphatic rings. The molecule has 0 radical (unpaired) electrons. The van der Waals surface area contributed by atoms with Crippen LogP contribution in [-0.4, -0.2) is 22.6 Å². The second kappa shape index (κ2) is 5.19. The monoisotopic (exact) mass is 277 g/mol. The number of hydrogen-bond acceptors (Lipinski definition) is 2. The third-order valence-corrected chi connectivity index (χ3v) is 3.48. The summed E-state index contributed by atoms with van der Waals surface area (Å²) in [5.74, 6) is 0. The molecule has 1 N–H and O–H groups in total. The van der Waals surface area contributed by atoms with Gasteiger partial charge in [-0.2, -0.15) is 0 Å². The van der Waals surface area contributed by atoms with Gasteiger partial charge in [0.2, 0.25) is 0 Å². The SMILES string of the molecule is CC(C)(C)OC(=O)NC1CCCCC1Br. The number of alkyl carbamates (subject to hydrolysis) is 1. The molecule has 2 atom stereocenters. The van der Waals surface area contributed by atoms with Gasteiger partial charge >= 0.3 is 6.09 Å². The van der Waals surface area contributed by atoms with Crippen LogP contribution in [0.2, 0.25) is 0 Å². The molecule has 1 saturated carbocycles. The number of ether oxygens (including phenoxy) is 1. The summed E-state index contributed by atoms with van der Waals surface area (Å²) in [4.78, 5) is 11.9. The molecule has 0 aromatic carbocycles. The van der Waals surface area contributed by atoms with E-state index in [-0.39, 0.29) is 12.1 Å². The minimum Gasteiger partial charge on any atom is -0.444 e. The van der Waals surface area contributed by atoms with E-state index < -0.39 is 5.60 Å². The molecule has 4 heteroatoms. The maximum Gasteiger partial charge on any atom is 0.407 e. The van der Waals surface area contributed by atoms with Crippen molar-refractivity contribution in [1.82, 2.24) is 5.32 Å². The van der Waals surface area contributed by atoms with Gasteiger partial charge in [0, 0.05) is 10.9 Å². The van der Waals surface area contributed by atoms with Gasteiger partial charge in [-0.15, -0.1) is 0 Å². The molecule has 3 nitrogen and oxygen atoms in total.